The third kappa shape index (κ3) is 8.39. The number of piperazine rings is 1. The lowest BCUT2D eigenvalue weighted by atomic mass is 10.1. The standard InChI is InChI=1S/C22H37N5O.HI/c1-2-23-22(24-11-6-12-25-13-9-21(28)10-14-25)27-17-15-26(16-18-27)19-20-7-4-3-5-8-20;/h3-5,7-8,21,28H,2,6,9-19H2,1H3,(H,23,24);1H. The van der Waals surface area contributed by atoms with Crippen molar-refractivity contribution >= 4 is 29.9 Å². The molecule has 0 bridgehead atoms. The number of hydrogen-bond donors (Lipinski definition) is 2. The second kappa shape index (κ2) is 13.4. The van der Waals surface area contributed by atoms with Crippen LogP contribution >= 0.6 is 24.0 Å². The van der Waals surface area contributed by atoms with E-state index in [1.165, 1.54) is 5.56 Å². The summed E-state index contributed by atoms with van der Waals surface area (Å²) in [6, 6.07) is 10.7. The number of aliphatic hydroxyl groups excluding tert-OH is 1. The molecule has 0 spiro atoms. The van der Waals surface area contributed by atoms with Gasteiger partial charge in [-0.05, 0) is 38.3 Å². The molecule has 3 rings (SSSR count). The van der Waals surface area contributed by atoms with Gasteiger partial charge >= 0.3 is 0 Å². The van der Waals surface area contributed by atoms with Crippen molar-refractivity contribution in [1.29, 1.82) is 0 Å². The number of rotatable bonds is 7. The van der Waals surface area contributed by atoms with Crippen molar-refractivity contribution in [1.82, 2.24) is 20.0 Å². The third-order valence-electron chi connectivity index (χ3n) is 5.71. The van der Waals surface area contributed by atoms with Crippen LogP contribution in [0.15, 0.2) is 35.3 Å². The molecule has 0 unspecified atom stereocenters. The Labute approximate surface area is 193 Å². The van der Waals surface area contributed by atoms with E-state index in [0.717, 1.165) is 90.7 Å². The highest BCUT2D eigenvalue weighted by molar-refractivity contribution is 14.0. The van der Waals surface area contributed by atoms with E-state index < -0.39 is 0 Å². The number of guanidine groups is 1. The Kier molecular flexibility index (Phi) is 11.3. The average molecular weight is 515 g/mol. The number of aliphatic imine (C=N–C) groups is 1. The Hall–Kier alpha value is -0.900. The first kappa shape index (κ1) is 24.4. The average Bonchev–Trinajstić information content (AvgIpc) is 2.73. The number of aliphatic hydroxyl groups is 1. The smallest absolute Gasteiger partial charge is 0.194 e. The van der Waals surface area contributed by atoms with E-state index in [0.29, 0.717) is 0 Å². The summed E-state index contributed by atoms with van der Waals surface area (Å²) in [5, 5.41) is 13.1. The molecule has 29 heavy (non-hydrogen) atoms. The molecule has 1 aromatic rings. The van der Waals surface area contributed by atoms with Crippen LogP contribution in [0.3, 0.4) is 0 Å². The molecule has 0 aromatic heterocycles. The summed E-state index contributed by atoms with van der Waals surface area (Å²) in [7, 11) is 0. The van der Waals surface area contributed by atoms with Crippen molar-refractivity contribution < 1.29 is 5.11 Å². The maximum absolute atomic E-state index is 9.61. The molecule has 0 atom stereocenters. The fourth-order valence-corrected chi connectivity index (χ4v) is 4.01. The van der Waals surface area contributed by atoms with Crippen molar-refractivity contribution in [2.24, 2.45) is 4.99 Å². The quantitative estimate of drug-likeness (QED) is 0.253. The zero-order chi connectivity index (χ0) is 19.6. The van der Waals surface area contributed by atoms with Crippen LogP contribution < -0.4 is 5.32 Å². The predicted molar refractivity (Wildman–Crippen MR) is 131 cm³/mol. The molecule has 7 heteroatoms. The number of nitrogens with zero attached hydrogens (tertiary/aromatic N) is 4. The summed E-state index contributed by atoms with van der Waals surface area (Å²) in [6.07, 6.45) is 2.83. The van der Waals surface area contributed by atoms with Crippen LogP contribution in [-0.2, 0) is 6.54 Å². The van der Waals surface area contributed by atoms with Crippen LogP contribution in [0.5, 0.6) is 0 Å². The Bertz CT molecular complexity index is 584. The topological polar surface area (TPSA) is 54.3 Å². The molecule has 2 N–H and O–H groups in total. The summed E-state index contributed by atoms with van der Waals surface area (Å²) in [5.74, 6) is 1.07. The maximum atomic E-state index is 9.61. The Morgan fingerprint density at radius 2 is 1.72 bits per heavy atom. The summed E-state index contributed by atoms with van der Waals surface area (Å²) >= 11 is 0. The predicted octanol–water partition coefficient (Wildman–Crippen LogP) is 2.23. The number of likely N-dealkylation sites (tertiary alicyclic amines) is 1. The van der Waals surface area contributed by atoms with Crippen LogP contribution in [0.1, 0.15) is 31.7 Å². The van der Waals surface area contributed by atoms with E-state index in [1.807, 2.05) is 0 Å². The molecule has 2 saturated heterocycles. The summed E-state index contributed by atoms with van der Waals surface area (Å²) in [5.41, 5.74) is 1.39. The van der Waals surface area contributed by atoms with Crippen LogP contribution in [0, 0.1) is 0 Å². The maximum Gasteiger partial charge on any atom is 0.194 e. The first-order valence-corrected chi connectivity index (χ1v) is 10.9. The molecule has 0 radical (unpaired) electrons. The molecule has 0 amide bonds. The second-order valence-corrected chi connectivity index (χ2v) is 7.91. The molecule has 6 nitrogen and oxygen atoms in total. The second-order valence-electron chi connectivity index (χ2n) is 7.91. The summed E-state index contributed by atoms with van der Waals surface area (Å²) in [4.78, 5) is 12.3. The lowest BCUT2D eigenvalue weighted by molar-refractivity contribution is 0.0824. The molecular weight excluding hydrogens is 477 g/mol. The first-order valence-electron chi connectivity index (χ1n) is 10.9. The van der Waals surface area contributed by atoms with E-state index in [1.54, 1.807) is 0 Å². The van der Waals surface area contributed by atoms with Gasteiger partial charge in [0.05, 0.1) is 6.10 Å². The highest BCUT2D eigenvalue weighted by Gasteiger charge is 2.20. The Balaban J connectivity index is 0.00000300. The SMILES string of the molecule is CCNC(=NCCCN1CCC(O)CC1)N1CCN(Cc2ccccc2)CC1.I. The monoisotopic (exact) mass is 515 g/mol. The number of halogens is 1. The van der Waals surface area contributed by atoms with Gasteiger partial charge in [0, 0.05) is 58.9 Å². The fourth-order valence-electron chi connectivity index (χ4n) is 4.01. The van der Waals surface area contributed by atoms with E-state index in [2.05, 4.69) is 57.3 Å². The van der Waals surface area contributed by atoms with Gasteiger partial charge in [0.25, 0.3) is 0 Å². The van der Waals surface area contributed by atoms with E-state index in [-0.39, 0.29) is 30.1 Å². The molecule has 164 valence electrons. The van der Waals surface area contributed by atoms with Gasteiger partial charge in [0.15, 0.2) is 5.96 Å². The number of nitrogens with one attached hydrogen (secondary N) is 1. The molecule has 1 aromatic carbocycles. The zero-order valence-electron chi connectivity index (χ0n) is 17.8. The lowest BCUT2D eigenvalue weighted by Crippen LogP contribution is -2.52. The van der Waals surface area contributed by atoms with Gasteiger partial charge in [-0.3, -0.25) is 9.89 Å². The molecule has 2 fully saturated rings. The number of hydrogen-bond acceptors (Lipinski definition) is 4. The van der Waals surface area contributed by atoms with E-state index >= 15 is 0 Å². The first-order chi connectivity index (χ1) is 13.7. The van der Waals surface area contributed by atoms with Crippen LogP contribution in [0.25, 0.3) is 0 Å². The van der Waals surface area contributed by atoms with Crippen molar-refractivity contribution in [3.8, 4) is 0 Å². The van der Waals surface area contributed by atoms with Crippen molar-refractivity contribution in [2.45, 2.75) is 38.8 Å². The highest BCUT2D eigenvalue weighted by Crippen LogP contribution is 2.11. The van der Waals surface area contributed by atoms with Gasteiger partial charge in [-0.25, -0.2) is 0 Å². The Morgan fingerprint density at radius 3 is 2.38 bits per heavy atom. The minimum Gasteiger partial charge on any atom is -0.393 e. The third-order valence-corrected chi connectivity index (χ3v) is 5.71. The minimum atomic E-state index is -0.0878. The fraction of sp³-hybridized carbons (Fsp3) is 0.682. The molecule has 2 heterocycles. The van der Waals surface area contributed by atoms with Gasteiger partial charge in [-0.2, -0.15) is 0 Å². The summed E-state index contributed by atoms with van der Waals surface area (Å²) in [6.45, 7) is 12.3. The van der Waals surface area contributed by atoms with Gasteiger partial charge in [-0.15, -0.1) is 24.0 Å². The van der Waals surface area contributed by atoms with Crippen molar-refractivity contribution in [3.63, 3.8) is 0 Å². The number of piperidine rings is 1. The minimum absolute atomic E-state index is 0. The largest absolute Gasteiger partial charge is 0.393 e. The Morgan fingerprint density at radius 1 is 1.03 bits per heavy atom. The van der Waals surface area contributed by atoms with Gasteiger partial charge in [0.2, 0.25) is 0 Å². The molecule has 2 aliphatic rings. The van der Waals surface area contributed by atoms with E-state index in [9.17, 15) is 5.11 Å². The van der Waals surface area contributed by atoms with Crippen molar-refractivity contribution in [3.05, 3.63) is 35.9 Å². The van der Waals surface area contributed by atoms with Crippen molar-refractivity contribution in [2.75, 3.05) is 58.9 Å². The van der Waals surface area contributed by atoms with Gasteiger partial charge in [0.1, 0.15) is 0 Å². The van der Waals surface area contributed by atoms with Gasteiger partial charge in [-0.1, -0.05) is 30.3 Å². The van der Waals surface area contributed by atoms with E-state index in [4.69, 9.17) is 4.99 Å². The van der Waals surface area contributed by atoms with Crippen LogP contribution in [0.4, 0.5) is 0 Å². The molecule has 2 aliphatic heterocycles. The normalized spacial score (nSPS) is 19.8. The van der Waals surface area contributed by atoms with Crippen LogP contribution in [0.2, 0.25) is 0 Å². The molecule has 0 saturated carbocycles. The number of benzene rings is 1. The van der Waals surface area contributed by atoms with Gasteiger partial charge < -0.3 is 20.2 Å². The molecule has 0 aliphatic carbocycles. The van der Waals surface area contributed by atoms with Crippen LogP contribution in [-0.4, -0.2) is 90.8 Å². The summed E-state index contributed by atoms with van der Waals surface area (Å²) < 4.78 is 0. The molecular formula is C22H38IN5O. The zero-order valence-corrected chi connectivity index (χ0v) is 20.1. The highest BCUT2D eigenvalue weighted by atomic mass is 127. The lowest BCUT2D eigenvalue weighted by Gasteiger charge is -2.36.